The molecule has 0 spiro atoms. The first-order valence-electron chi connectivity index (χ1n) is 11.1. The second-order valence-electron chi connectivity index (χ2n) is 8.75. The van der Waals surface area contributed by atoms with Crippen LogP contribution in [0.15, 0.2) is 42.6 Å². The van der Waals surface area contributed by atoms with Crippen LogP contribution in [0.2, 0.25) is 5.02 Å². The van der Waals surface area contributed by atoms with Gasteiger partial charge >= 0.3 is 0 Å². The summed E-state index contributed by atoms with van der Waals surface area (Å²) in [7, 11) is 0. The van der Waals surface area contributed by atoms with Crippen LogP contribution in [-0.4, -0.2) is 29.2 Å². The van der Waals surface area contributed by atoms with E-state index in [4.69, 9.17) is 23.8 Å². The number of nitrogens with zero attached hydrogens (tertiary/aromatic N) is 2. The van der Waals surface area contributed by atoms with Gasteiger partial charge in [-0.2, -0.15) is 0 Å². The number of pyridine rings is 1. The molecule has 4 rings (SSSR count). The first kappa shape index (κ1) is 21.4. The lowest BCUT2D eigenvalue weighted by Crippen LogP contribution is -2.40. The maximum Gasteiger partial charge on any atom is 0.170 e. The minimum Gasteiger partial charge on any atom is -0.362 e. The number of aromatic nitrogens is 1. The van der Waals surface area contributed by atoms with Crippen molar-refractivity contribution in [3.05, 3.63) is 53.2 Å². The van der Waals surface area contributed by atoms with Gasteiger partial charge in [0.05, 0.1) is 11.9 Å². The maximum absolute atomic E-state index is 6.26. The van der Waals surface area contributed by atoms with E-state index in [-0.39, 0.29) is 5.41 Å². The average molecular weight is 443 g/mol. The molecule has 1 aliphatic heterocycles. The van der Waals surface area contributed by atoms with E-state index in [1.165, 1.54) is 37.7 Å². The summed E-state index contributed by atoms with van der Waals surface area (Å²) in [4.78, 5) is 7.08. The Labute approximate surface area is 190 Å². The SMILES string of the molecule is C[C@@H]1CCCCN1c1ccc(NC(=S)NCC2(c3cccc(Cl)c3)CCCC2)cn1. The first-order chi connectivity index (χ1) is 14.6. The molecular weight excluding hydrogens is 412 g/mol. The van der Waals surface area contributed by atoms with Crippen molar-refractivity contribution in [1.82, 2.24) is 10.3 Å². The zero-order chi connectivity index (χ0) is 21.0. The Bertz CT molecular complexity index is 864. The molecular formula is C24H31ClN4S. The van der Waals surface area contributed by atoms with Crippen molar-refractivity contribution in [2.75, 3.05) is 23.3 Å². The van der Waals surface area contributed by atoms with Crippen molar-refractivity contribution in [3.63, 3.8) is 0 Å². The van der Waals surface area contributed by atoms with Crippen LogP contribution in [0.25, 0.3) is 0 Å². The van der Waals surface area contributed by atoms with Gasteiger partial charge in [-0.15, -0.1) is 0 Å². The number of halogens is 1. The van der Waals surface area contributed by atoms with Crippen molar-refractivity contribution < 1.29 is 0 Å². The van der Waals surface area contributed by atoms with Gasteiger partial charge in [0.25, 0.3) is 0 Å². The van der Waals surface area contributed by atoms with Crippen molar-refractivity contribution >= 4 is 40.4 Å². The smallest absolute Gasteiger partial charge is 0.170 e. The highest BCUT2D eigenvalue weighted by Crippen LogP contribution is 2.41. The molecule has 1 saturated heterocycles. The molecule has 0 amide bonds. The second kappa shape index (κ2) is 9.52. The van der Waals surface area contributed by atoms with E-state index in [2.05, 4.69) is 51.7 Å². The third kappa shape index (κ3) is 4.89. The summed E-state index contributed by atoms with van der Waals surface area (Å²) in [5, 5.41) is 8.20. The fourth-order valence-electron chi connectivity index (χ4n) is 4.93. The largest absolute Gasteiger partial charge is 0.362 e. The van der Waals surface area contributed by atoms with Crippen LogP contribution in [-0.2, 0) is 5.41 Å². The molecule has 1 saturated carbocycles. The van der Waals surface area contributed by atoms with Gasteiger partial charge in [-0.05, 0) is 81.1 Å². The van der Waals surface area contributed by atoms with Crippen LogP contribution >= 0.6 is 23.8 Å². The molecule has 1 aromatic carbocycles. The summed E-state index contributed by atoms with van der Waals surface area (Å²) in [5.74, 6) is 1.05. The lowest BCUT2D eigenvalue weighted by Gasteiger charge is -2.34. The van der Waals surface area contributed by atoms with Gasteiger partial charge in [0.1, 0.15) is 5.82 Å². The number of nitrogens with one attached hydrogen (secondary N) is 2. The molecule has 6 heteroatoms. The number of thiocarbonyl (C=S) groups is 1. The summed E-state index contributed by atoms with van der Waals surface area (Å²) >= 11 is 11.9. The van der Waals surface area contributed by atoms with E-state index in [1.807, 2.05) is 18.3 Å². The fourth-order valence-corrected chi connectivity index (χ4v) is 5.31. The highest BCUT2D eigenvalue weighted by molar-refractivity contribution is 7.80. The quantitative estimate of drug-likeness (QED) is 0.563. The summed E-state index contributed by atoms with van der Waals surface area (Å²) in [6.07, 6.45) is 10.5. The van der Waals surface area contributed by atoms with Gasteiger partial charge in [0.2, 0.25) is 0 Å². The number of anilines is 2. The topological polar surface area (TPSA) is 40.2 Å². The zero-order valence-electron chi connectivity index (χ0n) is 17.7. The standard InChI is InChI=1S/C24H31ClN4S/c1-18-7-2-5-14-29(18)22-11-10-21(16-26-22)28-23(30)27-17-24(12-3-4-13-24)19-8-6-9-20(25)15-19/h6,8-11,15-16,18H,2-5,7,12-14,17H2,1H3,(H2,27,28,30)/t18-/m1/s1. The molecule has 0 bridgehead atoms. The van der Waals surface area contributed by atoms with E-state index >= 15 is 0 Å². The van der Waals surface area contributed by atoms with E-state index in [0.29, 0.717) is 11.2 Å². The predicted octanol–water partition coefficient (Wildman–Crippen LogP) is 5.91. The van der Waals surface area contributed by atoms with Gasteiger partial charge < -0.3 is 15.5 Å². The van der Waals surface area contributed by atoms with Gasteiger partial charge in [0, 0.05) is 29.6 Å². The normalized spacial score (nSPS) is 20.7. The first-order valence-corrected chi connectivity index (χ1v) is 11.9. The van der Waals surface area contributed by atoms with Crippen LogP contribution in [0.5, 0.6) is 0 Å². The Morgan fingerprint density at radius 3 is 2.73 bits per heavy atom. The molecule has 160 valence electrons. The Kier molecular flexibility index (Phi) is 6.79. The van der Waals surface area contributed by atoms with Gasteiger partial charge in [0.15, 0.2) is 5.11 Å². The molecule has 1 aliphatic carbocycles. The second-order valence-corrected chi connectivity index (χ2v) is 9.59. The molecule has 2 heterocycles. The molecule has 2 fully saturated rings. The van der Waals surface area contributed by atoms with Crippen LogP contribution in [0.4, 0.5) is 11.5 Å². The van der Waals surface area contributed by atoms with Crippen LogP contribution < -0.4 is 15.5 Å². The van der Waals surface area contributed by atoms with E-state index in [0.717, 1.165) is 42.5 Å². The number of benzene rings is 1. The Hall–Kier alpha value is -1.85. The molecule has 0 radical (unpaired) electrons. The summed E-state index contributed by atoms with van der Waals surface area (Å²) in [6, 6.07) is 13.0. The average Bonchev–Trinajstić information content (AvgIpc) is 3.24. The molecule has 0 unspecified atom stereocenters. The fraction of sp³-hybridized carbons (Fsp3) is 0.500. The molecule has 2 aromatic rings. The number of rotatable bonds is 5. The van der Waals surface area contributed by atoms with E-state index in [1.54, 1.807) is 0 Å². The summed E-state index contributed by atoms with van der Waals surface area (Å²) < 4.78 is 0. The molecule has 4 nitrogen and oxygen atoms in total. The molecule has 1 atom stereocenters. The van der Waals surface area contributed by atoms with Crippen LogP contribution in [0.1, 0.15) is 57.4 Å². The molecule has 2 N–H and O–H groups in total. The monoisotopic (exact) mass is 442 g/mol. The maximum atomic E-state index is 6.26. The highest BCUT2D eigenvalue weighted by Gasteiger charge is 2.35. The lowest BCUT2D eigenvalue weighted by atomic mass is 9.79. The van der Waals surface area contributed by atoms with Crippen LogP contribution in [0.3, 0.4) is 0 Å². The molecule has 30 heavy (non-hydrogen) atoms. The predicted molar refractivity (Wildman–Crippen MR) is 131 cm³/mol. The van der Waals surface area contributed by atoms with Crippen LogP contribution in [0, 0.1) is 0 Å². The lowest BCUT2D eigenvalue weighted by molar-refractivity contribution is 0.435. The number of hydrogen-bond acceptors (Lipinski definition) is 3. The van der Waals surface area contributed by atoms with Crippen molar-refractivity contribution in [2.45, 2.75) is 63.3 Å². The van der Waals surface area contributed by atoms with E-state index < -0.39 is 0 Å². The Morgan fingerprint density at radius 2 is 2.03 bits per heavy atom. The van der Waals surface area contributed by atoms with Crippen molar-refractivity contribution in [1.29, 1.82) is 0 Å². The van der Waals surface area contributed by atoms with E-state index in [9.17, 15) is 0 Å². The minimum absolute atomic E-state index is 0.100. The number of hydrogen-bond donors (Lipinski definition) is 2. The third-order valence-corrected chi connectivity index (χ3v) is 7.17. The van der Waals surface area contributed by atoms with Crippen molar-refractivity contribution in [2.24, 2.45) is 0 Å². The van der Waals surface area contributed by atoms with Gasteiger partial charge in [-0.1, -0.05) is 36.6 Å². The third-order valence-electron chi connectivity index (χ3n) is 6.69. The summed E-state index contributed by atoms with van der Waals surface area (Å²) in [6.45, 7) is 4.19. The number of piperidine rings is 1. The van der Waals surface area contributed by atoms with Gasteiger partial charge in [-0.3, -0.25) is 0 Å². The van der Waals surface area contributed by atoms with Crippen molar-refractivity contribution in [3.8, 4) is 0 Å². The molecule has 1 aromatic heterocycles. The highest BCUT2D eigenvalue weighted by atomic mass is 35.5. The zero-order valence-corrected chi connectivity index (χ0v) is 19.2. The Balaban J connectivity index is 1.36. The molecule has 2 aliphatic rings. The summed E-state index contributed by atoms with van der Waals surface area (Å²) in [5.41, 5.74) is 2.33. The minimum atomic E-state index is 0.100. The van der Waals surface area contributed by atoms with Gasteiger partial charge in [-0.25, -0.2) is 4.98 Å². The Morgan fingerprint density at radius 1 is 1.20 bits per heavy atom.